The van der Waals surface area contributed by atoms with Gasteiger partial charge in [0.1, 0.15) is 11.5 Å². The third-order valence-corrected chi connectivity index (χ3v) is 3.89. The van der Waals surface area contributed by atoms with Crippen molar-refractivity contribution in [2.75, 3.05) is 7.11 Å². The van der Waals surface area contributed by atoms with E-state index in [2.05, 4.69) is 4.98 Å². The van der Waals surface area contributed by atoms with Crippen molar-refractivity contribution in [2.45, 2.75) is 0 Å². The van der Waals surface area contributed by atoms with Crippen molar-refractivity contribution in [3.05, 3.63) is 67.0 Å². The number of methoxy groups -OCH3 is 1. The molecule has 4 rings (SSSR count). The SMILES string of the molecule is COc1cc(-c2nc(-c3ccccn3)c3ccccn23)ccc1O. The Bertz CT molecular complexity index is 1010. The van der Waals surface area contributed by atoms with Crippen LogP contribution < -0.4 is 4.74 Å². The Morgan fingerprint density at radius 3 is 2.71 bits per heavy atom. The monoisotopic (exact) mass is 317 g/mol. The van der Waals surface area contributed by atoms with Crippen LogP contribution in [0.5, 0.6) is 11.5 Å². The van der Waals surface area contributed by atoms with Gasteiger partial charge in [0.2, 0.25) is 0 Å². The number of phenolic OH excluding ortho intramolecular Hbond substituents is 1. The van der Waals surface area contributed by atoms with Gasteiger partial charge in [0.15, 0.2) is 11.5 Å². The highest BCUT2D eigenvalue weighted by Crippen LogP contribution is 2.33. The van der Waals surface area contributed by atoms with Gasteiger partial charge in [0, 0.05) is 18.0 Å². The van der Waals surface area contributed by atoms with Crippen molar-refractivity contribution in [1.29, 1.82) is 0 Å². The molecule has 0 atom stereocenters. The molecule has 0 amide bonds. The van der Waals surface area contributed by atoms with Gasteiger partial charge in [-0.25, -0.2) is 4.98 Å². The molecule has 1 N–H and O–H groups in total. The number of aromatic hydroxyl groups is 1. The van der Waals surface area contributed by atoms with E-state index in [1.807, 2.05) is 53.1 Å². The summed E-state index contributed by atoms with van der Waals surface area (Å²) in [6.45, 7) is 0. The van der Waals surface area contributed by atoms with Crippen molar-refractivity contribution in [3.63, 3.8) is 0 Å². The maximum atomic E-state index is 9.82. The number of ether oxygens (including phenoxy) is 1. The zero-order valence-corrected chi connectivity index (χ0v) is 13.0. The lowest BCUT2D eigenvalue weighted by molar-refractivity contribution is 0.373. The molecule has 3 aromatic heterocycles. The Morgan fingerprint density at radius 1 is 1.04 bits per heavy atom. The highest BCUT2D eigenvalue weighted by molar-refractivity contribution is 5.80. The average Bonchev–Trinajstić information content (AvgIpc) is 3.03. The molecular formula is C19H15N3O2. The average molecular weight is 317 g/mol. The Kier molecular flexibility index (Phi) is 3.39. The number of imidazole rings is 1. The molecule has 0 spiro atoms. The summed E-state index contributed by atoms with van der Waals surface area (Å²) >= 11 is 0. The number of aromatic nitrogens is 3. The molecule has 24 heavy (non-hydrogen) atoms. The normalized spacial score (nSPS) is 10.9. The van der Waals surface area contributed by atoms with E-state index >= 15 is 0 Å². The number of nitrogens with zero attached hydrogens (tertiary/aromatic N) is 3. The van der Waals surface area contributed by atoms with Crippen LogP contribution in [0.4, 0.5) is 0 Å². The first-order valence-electron chi connectivity index (χ1n) is 7.54. The van der Waals surface area contributed by atoms with E-state index in [9.17, 15) is 5.11 Å². The molecule has 118 valence electrons. The van der Waals surface area contributed by atoms with Gasteiger partial charge >= 0.3 is 0 Å². The summed E-state index contributed by atoms with van der Waals surface area (Å²) in [4.78, 5) is 9.21. The second kappa shape index (κ2) is 5.70. The number of benzene rings is 1. The zero-order valence-electron chi connectivity index (χ0n) is 13.0. The molecule has 3 heterocycles. The highest BCUT2D eigenvalue weighted by atomic mass is 16.5. The molecule has 0 aliphatic rings. The molecular weight excluding hydrogens is 302 g/mol. The van der Waals surface area contributed by atoms with E-state index in [0.717, 1.165) is 28.3 Å². The van der Waals surface area contributed by atoms with Gasteiger partial charge in [0.05, 0.1) is 18.3 Å². The van der Waals surface area contributed by atoms with Crippen LogP contribution in [-0.2, 0) is 0 Å². The van der Waals surface area contributed by atoms with Gasteiger partial charge in [0.25, 0.3) is 0 Å². The van der Waals surface area contributed by atoms with E-state index in [-0.39, 0.29) is 5.75 Å². The van der Waals surface area contributed by atoms with Gasteiger partial charge in [-0.3, -0.25) is 9.38 Å². The predicted molar refractivity (Wildman–Crippen MR) is 92.1 cm³/mol. The van der Waals surface area contributed by atoms with Crippen LogP contribution in [0.1, 0.15) is 0 Å². The molecule has 0 aliphatic heterocycles. The predicted octanol–water partition coefficient (Wildman–Crippen LogP) is 3.78. The number of hydrogen-bond acceptors (Lipinski definition) is 4. The van der Waals surface area contributed by atoms with Crippen LogP contribution in [0.2, 0.25) is 0 Å². The zero-order chi connectivity index (χ0) is 16.5. The molecule has 5 heteroatoms. The van der Waals surface area contributed by atoms with E-state index in [1.54, 1.807) is 18.3 Å². The van der Waals surface area contributed by atoms with Crippen molar-refractivity contribution in [3.8, 4) is 34.3 Å². The summed E-state index contributed by atoms with van der Waals surface area (Å²) in [7, 11) is 1.53. The van der Waals surface area contributed by atoms with Gasteiger partial charge < -0.3 is 9.84 Å². The van der Waals surface area contributed by atoms with Gasteiger partial charge in [-0.15, -0.1) is 0 Å². The van der Waals surface area contributed by atoms with Crippen LogP contribution in [0.25, 0.3) is 28.3 Å². The Hall–Kier alpha value is -3.34. The first-order valence-corrected chi connectivity index (χ1v) is 7.54. The van der Waals surface area contributed by atoms with E-state index in [1.165, 1.54) is 7.11 Å². The minimum atomic E-state index is 0.104. The van der Waals surface area contributed by atoms with E-state index in [4.69, 9.17) is 9.72 Å². The van der Waals surface area contributed by atoms with Gasteiger partial charge in [-0.2, -0.15) is 0 Å². The van der Waals surface area contributed by atoms with Crippen LogP contribution in [0.3, 0.4) is 0 Å². The number of phenols is 1. The molecule has 4 aromatic rings. The third kappa shape index (κ3) is 2.27. The second-order valence-electron chi connectivity index (χ2n) is 5.34. The quantitative estimate of drug-likeness (QED) is 0.625. The highest BCUT2D eigenvalue weighted by Gasteiger charge is 2.15. The molecule has 0 fully saturated rings. The number of pyridine rings is 2. The summed E-state index contributed by atoms with van der Waals surface area (Å²) in [5.74, 6) is 1.29. The number of hydrogen-bond donors (Lipinski definition) is 1. The van der Waals surface area contributed by atoms with Crippen molar-refractivity contribution < 1.29 is 9.84 Å². The Labute approximate surface area is 138 Å². The molecule has 1 aromatic carbocycles. The van der Waals surface area contributed by atoms with Crippen LogP contribution in [0.15, 0.2) is 67.0 Å². The first-order chi connectivity index (χ1) is 11.8. The fourth-order valence-electron chi connectivity index (χ4n) is 2.75. The molecule has 0 bridgehead atoms. The largest absolute Gasteiger partial charge is 0.504 e. The van der Waals surface area contributed by atoms with Crippen molar-refractivity contribution in [2.24, 2.45) is 0 Å². The lowest BCUT2D eigenvalue weighted by atomic mass is 10.2. The Morgan fingerprint density at radius 2 is 1.92 bits per heavy atom. The topological polar surface area (TPSA) is 59.7 Å². The third-order valence-electron chi connectivity index (χ3n) is 3.89. The first kappa shape index (κ1) is 14.3. The molecule has 0 saturated carbocycles. The molecule has 0 unspecified atom stereocenters. The van der Waals surface area contributed by atoms with Crippen molar-refractivity contribution >= 4 is 5.52 Å². The minimum Gasteiger partial charge on any atom is -0.504 e. The van der Waals surface area contributed by atoms with Crippen LogP contribution in [0, 0.1) is 0 Å². The maximum absolute atomic E-state index is 9.82. The number of fused-ring (bicyclic) bond motifs is 1. The second-order valence-corrected chi connectivity index (χ2v) is 5.34. The molecule has 0 radical (unpaired) electrons. The van der Waals surface area contributed by atoms with Crippen LogP contribution in [-0.4, -0.2) is 26.6 Å². The van der Waals surface area contributed by atoms with E-state index in [0.29, 0.717) is 5.75 Å². The minimum absolute atomic E-state index is 0.104. The molecule has 0 saturated heterocycles. The molecule has 0 aliphatic carbocycles. The Balaban J connectivity index is 1.97. The summed E-state index contributed by atoms with van der Waals surface area (Å²) < 4.78 is 7.22. The van der Waals surface area contributed by atoms with Gasteiger partial charge in [-0.1, -0.05) is 12.1 Å². The smallest absolute Gasteiger partial charge is 0.161 e. The standard InChI is InChI=1S/C19H15N3O2/c1-24-17-12-13(8-9-16(17)23)19-21-18(14-6-2-4-10-20-14)15-7-3-5-11-22(15)19/h2-12,23H,1H3. The fraction of sp³-hybridized carbons (Fsp3) is 0.0526. The summed E-state index contributed by atoms with van der Waals surface area (Å²) in [6, 6.07) is 16.9. The number of rotatable bonds is 3. The molecule has 5 nitrogen and oxygen atoms in total. The van der Waals surface area contributed by atoms with E-state index < -0.39 is 0 Å². The van der Waals surface area contributed by atoms with Gasteiger partial charge in [-0.05, 0) is 42.5 Å². The van der Waals surface area contributed by atoms with Crippen molar-refractivity contribution in [1.82, 2.24) is 14.4 Å². The summed E-state index contributed by atoms with van der Waals surface area (Å²) in [6.07, 6.45) is 3.72. The lowest BCUT2D eigenvalue weighted by Crippen LogP contribution is -1.90. The van der Waals surface area contributed by atoms with Crippen LogP contribution >= 0.6 is 0 Å². The summed E-state index contributed by atoms with van der Waals surface area (Å²) in [5, 5.41) is 9.82. The fourth-order valence-corrected chi connectivity index (χ4v) is 2.75. The maximum Gasteiger partial charge on any atom is 0.161 e. The summed E-state index contributed by atoms with van der Waals surface area (Å²) in [5.41, 5.74) is 3.46. The lowest BCUT2D eigenvalue weighted by Gasteiger charge is -2.06.